The molecule has 0 aliphatic heterocycles. The van der Waals surface area contributed by atoms with Gasteiger partial charge in [-0.3, -0.25) is 9.48 Å². The lowest BCUT2D eigenvalue weighted by atomic mass is 9.99. The lowest BCUT2D eigenvalue weighted by Crippen LogP contribution is -2.29. The zero-order valence-corrected chi connectivity index (χ0v) is 15.4. The van der Waals surface area contributed by atoms with Gasteiger partial charge in [0.15, 0.2) is 0 Å². The Kier molecular flexibility index (Phi) is 4.14. The van der Waals surface area contributed by atoms with Gasteiger partial charge in [-0.1, -0.05) is 17.7 Å². The van der Waals surface area contributed by atoms with E-state index in [0.29, 0.717) is 18.4 Å². The summed E-state index contributed by atoms with van der Waals surface area (Å²) < 4.78 is 2.14. The minimum atomic E-state index is 0.0255. The van der Waals surface area contributed by atoms with Gasteiger partial charge >= 0.3 is 0 Å². The summed E-state index contributed by atoms with van der Waals surface area (Å²) in [6, 6.07) is 6.45. The molecule has 4 heteroatoms. The molecule has 1 aromatic carbocycles. The van der Waals surface area contributed by atoms with Crippen LogP contribution in [0.25, 0.3) is 0 Å². The number of aromatic nitrogens is 2. The Bertz CT molecular complexity index is 790. The van der Waals surface area contributed by atoms with Gasteiger partial charge in [0.25, 0.3) is 5.91 Å². The summed E-state index contributed by atoms with van der Waals surface area (Å²) in [7, 11) is 0. The van der Waals surface area contributed by atoms with E-state index in [1.807, 2.05) is 13.8 Å². The molecule has 0 atom stereocenters. The zero-order chi connectivity index (χ0) is 17.6. The summed E-state index contributed by atoms with van der Waals surface area (Å²) in [5, 5.41) is 7.90. The predicted octanol–water partition coefficient (Wildman–Crippen LogP) is 3.99. The van der Waals surface area contributed by atoms with Gasteiger partial charge in [-0.2, -0.15) is 5.10 Å². The van der Waals surface area contributed by atoms with E-state index >= 15 is 0 Å². The zero-order valence-electron chi connectivity index (χ0n) is 15.4. The van der Waals surface area contributed by atoms with Gasteiger partial charge in [-0.25, -0.2) is 0 Å². The van der Waals surface area contributed by atoms with Crippen molar-refractivity contribution in [3.8, 4) is 0 Å². The fourth-order valence-electron chi connectivity index (χ4n) is 3.82. The van der Waals surface area contributed by atoms with Crippen molar-refractivity contribution in [1.29, 1.82) is 0 Å². The largest absolute Gasteiger partial charge is 0.350 e. The molecule has 1 aromatic heterocycles. The van der Waals surface area contributed by atoms with Crippen molar-refractivity contribution in [2.45, 2.75) is 64.8 Å². The van der Waals surface area contributed by atoms with Crippen molar-refractivity contribution < 1.29 is 4.79 Å². The molecule has 2 aromatic rings. The fraction of sp³-hybridized carbons (Fsp3) is 0.524. The van der Waals surface area contributed by atoms with Crippen LogP contribution in [0.15, 0.2) is 18.2 Å². The Morgan fingerprint density at radius 2 is 1.72 bits per heavy atom. The molecule has 1 N–H and O–H groups in total. The van der Waals surface area contributed by atoms with Crippen LogP contribution in [0.4, 0.5) is 0 Å². The molecule has 2 saturated carbocycles. The van der Waals surface area contributed by atoms with Crippen LogP contribution in [-0.2, 0) is 6.54 Å². The molecule has 4 nitrogen and oxygen atoms in total. The number of amides is 1. The molecule has 0 bridgehead atoms. The maximum atomic E-state index is 12.6. The van der Waals surface area contributed by atoms with Gasteiger partial charge < -0.3 is 5.32 Å². The Balaban J connectivity index is 1.42. The highest BCUT2D eigenvalue weighted by Gasteiger charge is 2.32. The summed E-state index contributed by atoms with van der Waals surface area (Å²) >= 11 is 0. The van der Waals surface area contributed by atoms with E-state index in [-0.39, 0.29) is 5.91 Å². The molecule has 0 unspecified atom stereocenters. The first kappa shape index (κ1) is 16.4. The van der Waals surface area contributed by atoms with E-state index < -0.39 is 0 Å². The molecule has 2 aliphatic rings. The molecule has 0 saturated heterocycles. The number of rotatable bonds is 6. The smallest absolute Gasteiger partial charge is 0.251 e. The normalized spacial score (nSPS) is 16.9. The second-order valence-corrected chi connectivity index (χ2v) is 7.80. The van der Waals surface area contributed by atoms with E-state index in [2.05, 4.69) is 35.1 Å². The first-order chi connectivity index (χ1) is 12.0. The molecule has 1 amide bonds. The molecule has 0 radical (unpaired) electrons. The van der Waals surface area contributed by atoms with Crippen LogP contribution in [0.5, 0.6) is 0 Å². The van der Waals surface area contributed by atoms with E-state index in [1.54, 1.807) is 0 Å². The van der Waals surface area contributed by atoms with Crippen LogP contribution in [0.3, 0.4) is 0 Å². The highest BCUT2D eigenvalue weighted by molar-refractivity contribution is 5.97. The van der Waals surface area contributed by atoms with E-state index in [9.17, 15) is 4.79 Å². The maximum Gasteiger partial charge on any atom is 0.251 e. The van der Waals surface area contributed by atoms with Crippen molar-refractivity contribution in [2.24, 2.45) is 0 Å². The summed E-state index contributed by atoms with van der Waals surface area (Å²) in [5.74, 6) is 1.40. The van der Waals surface area contributed by atoms with Gasteiger partial charge in [0.2, 0.25) is 0 Å². The van der Waals surface area contributed by atoms with Crippen molar-refractivity contribution in [3.63, 3.8) is 0 Å². The molecule has 2 fully saturated rings. The van der Waals surface area contributed by atoms with Crippen LogP contribution < -0.4 is 5.32 Å². The average molecular weight is 337 g/mol. The summed E-state index contributed by atoms with van der Waals surface area (Å²) in [4.78, 5) is 12.6. The number of aryl methyl sites for hydroxylation is 3. The maximum absolute atomic E-state index is 12.6. The summed E-state index contributed by atoms with van der Waals surface area (Å²) in [6.07, 6.45) is 5.13. The number of nitrogens with one attached hydrogen (secondary N) is 1. The number of carbonyl (C=O) groups excluding carboxylic acids is 1. The van der Waals surface area contributed by atoms with Crippen LogP contribution in [0.2, 0.25) is 0 Å². The van der Waals surface area contributed by atoms with Crippen molar-refractivity contribution >= 4 is 5.91 Å². The molecular formula is C21H27N3O. The van der Waals surface area contributed by atoms with Crippen molar-refractivity contribution in [2.75, 3.05) is 6.54 Å². The van der Waals surface area contributed by atoms with Crippen LogP contribution in [0, 0.1) is 20.8 Å². The monoisotopic (exact) mass is 337 g/mol. The molecule has 0 spiro atoms. The first-order valence-corrected chi connectivity index (χ1v) is 9.46. The molecular weight excluding hydrogens is 310 g/mol. The number of nitrogens with zero attached hydrogens (tertiary/aromatic N) is 2. The van der Waals surface area contributed by atoms with Gasteiger partial charge in [0.1, 0.15) is 0 Å². The molecule has 1 heterocycles. The summed E-state index contributed by atoms with van der Waals surface area (Å²) in [6.45, 7) is 7.46. The second-order valence-electron chi connectivity index (χ2n) is 7.80. The Labute approximate surface area is 149 Å². The molecule has 4 rings (SSSR count). The van der Waals surface area contributed by atoms with Crippen LogP contribution >= 0.6 is 0 Å². The first-order valence-electron chi connectivity index (χ1n) is 9.46. The molecule has 132 valence electrons. The topological polar surface area (TPSA) is 46.9 Å². The van der Waals surface area contributed by atoms with E-state index in [1.165, 1.54) is 42.6 Å². The number of hydrogen-bond donors (Lipinski definition) is 1. The van der Waals surface area contributed by atoms with Gasteiger partial charge in [-0.05, 0) is 63.6 Å². The minimum absolute atomic E-state index is 0.0255. The highest BCUT2D eigenvalue weighted by Crippen LogP contribution is 2.44. The lowest BCUT2D eigenvalue weighted by molar-refractivity contribution is 0.0950. The van der Waals surface area contributed by atoms with Crippen molar-refractivity contribution in [3.05, 3.63) is 51.8 Å². The van der Waals surface area contributed by atoms with Gasteiger partial charge in [-0.15, -0.1) is 0 Å². The Hall–Kier alpha value is -2.10. The quantitative estimate of drug-likeness (QED) is 0.866. The SMILES string of the molecule is Cc1cc(C)c(C(=O)NCCn2nc(C3CC3)cc2C2CC2)c(C)c1. The Morgan fingerprint density at radius 3 is 2.32 bits per heavy atom. The Morgan fingerprint density at radius 1 is 1.08 bits per heavy atom. The average Bonchev–Trinajstić information content (AvgIpc) is 3.45. The number of hydrogen-bond acceptors (Lipinski definition) is 2. The van der Waals surface area contributed by atoms with E-state index in [0.717, 1.165) is 23.2 Å². The molecule has 2 aliphatic carbocycles. The van der Waals surface area contributed by atoms with Gasteiger partial charge in [0.05, 0.1) is 12.2 Å². The van der Waals surface area contributed by atoms with Crippen LogP contribution in [-0.4, -0.2) is 22.2 Å². The fourth-order valence-corrected chi connectivity index (χ4v) is 3.82. The number of carbonyl (C=O) groups is 1. The third-order valence-electron chi connectivity index (χ3n) is 5.33. The predicted molar refractivity (Wildman–Crippen MR) is 99.2 cm³/mol. The standard InChI is InChI=1S/C21H27N3O/c1-13-10-14(2)20(15(3)11-13)21(25)22-8-9-24-19(17-6-7-17)12-18(23-24)16-4-5-16/h10-12,16-17H,4-9H2,1-3H3,(H,22,25). The highest BCUT2D eigenvalue weighted by atomic mass is 16.1. The third-order valence-corrected chi connectivity index (χ3v) is 5.33. The molecule has 25 heavy (non-hydrogen) atoms. The lowest BCUT2D eigenvalue weighted by Gasteiger charge is -2.12. The third kappa shape index (κ3) is 3.48. The number of benzene rings is 1. The van der Waals surface area contributed by atoms with Crippen molar-refractivity contribution in [1.82, 2.24) is 15.1 Å². The van der Waals surface area contributed by atoms with Crippen LogP contribution in [0.1, 0.15) is 76.0 Å². The van der Waals surface area contributed by atoms with E-state index in [4.69, 9.17) is 5.10 Å². The van der Waals surface area contributed by atoms with Gasteiger partial charge in [0, 0.05) is 29.6 Å². The second kappa shape index (κ2) is 6.32. The summed E-state index contributed by atoms with van der Waals surface area (Å²) in [5.41, 5.74) is 6.74. The minimum Gasteiger partial charge on any atom is -0.350 e.